The standard InChI is InChI=1S/C23H18ClFN4O5/c1-12-20-17(27-28-22(30)13-5-10-16(24)18(11-13)29(32)33)3-2-4-19(20)34-21(12)23(31)26-15-8-6-14(25)7-9-15/h5-11H,2-4H2,1H3,(H,26,31)(H,28,30)/b27-17+. The van der Waals surface area contributed by atoms with Gasteiger partial charge < -0.3 is 9.73 Å². The number of carbonyl (C=O) groups excluding carboxylic acids is 2. The van der Waals surface area contributed by atoms with Gasteiger partial charge in [0.05, 0.1) is 10.6 Å². The summed E-state index contributed by atoms with van der Waals surface area (Å²) < 4.78 is 18.9. The maximum atomic E-state index is 13.1. The highest BCUT2D eigenvalue weighted by Gasteiger charge is 2.28. The van der Waals surface area contributed by atoms with E-state index >= 15 is 0 Å². The van der Waals surface area contributed by atoms with Crippen molar-refractivity contribution < 1.29 is 23.3 Å². The topological polar surface area (TPSA) is 127 Å². The molecule has 4 rings (SSSR count). The number of anilines is 1. The molecule has 0 saturated carbocycles. The zero-order valence-corrected chi connectivity index (χ0v) is 18.6. The van der Waals surface area contributed by atoms with Crippen LogP contribution in [0.2, 0.25) is 5.02 Å². The molecule has 0 spiro atoms. The monoisotopic (exact) mass is 484 g/mol. The molecule has 1 aromatic heterocycles. The minimum Gasteiger partial charge on any atom is -0.455 e. The van der Waals surface area contributed by atoms with Crippen LogP contribution in [0.5, 0.6) is 0 Å². The van der Waals surface area contributed by atoms with E-state index in [9.17, 15) is 24.1 Å². The van der Waals surface area contributed by atoms with Crippen molar-refractivity contribution in [2.24, 2.45) is 5.10 Å². The summed E-state index contributed by atoms with van der Waals surface area (Å²) in [6.45, 7) is 1.72. The van der Waals surface area contributed by atoms with E-state index in [0.29, 0.717) is 47.5 Å². The minimum absolute atomic E-state index is 0.0276. The number of halogens is 2. The van der Waals surface area contributed by atoms with E-state index in [1.165, 1.54) is 36.4 Å². The van der Waals surface area contributed by atoms with E-state index in [1.807, 2.05) is 0 Å². The molecule has 9 nitrogen and oxygen atoms in total. The van der Waals surface area contributed by atoms with Gasteiger partial charge in [-0.3, -0.25) is 19.7 Å². The number of rotatable bonds is 5. The number of nitrogens with zero attached hydrogens (tertiary/aromatic N) is 2. The lowest BCUT2D eigenvalue weighted by Gasteiger charge is -2.13. The molecule has 174 valence electrons. The zero-order chi connectivity index (χ0) is 24.4. The van der Waals surface area contributed by atoms with Gasteiger partial charge in [-0.15, -0.1) is 0 Å². The lowest BCUT2D eigenvalue weighted by Crippen LogP contribution is -2.22. The van der Waals surface area contributed by atoms with Gasteiger partial charge in [0.15, 0.2) is 5.76 Å². The van der Waals surface area contributed by atoms with Crippen LogP contribution in [0.15, 0.2) is 52.0 Å². The summed E-state index contributed by atoms with van der Waals surface area (Å²) in [4.78, 5) is 35.6. The molecule has 0 atom stereocenters. The number of nitro groups is 1. The highest BCUT2D eigenvalue weighted by Crippen LogP contribution is 2.30. The summed E-state index contributed by atoms with van der Waals surface area (Å²) in [5.41, 5.74) is 4.19. The van der Waals surface area contributed by atoms with Crippen molar-refractivity contribution in [1.82, 2.24) is 5.43 Å². The van der Waals surface area contributed by atoms with Crippen molar-refractivity contribution in [2.45, 2.75) is 26.2 Å². The van der Waals surface area contributed by atoms with Gasteiger partial charge in [-0.05, 0) is 56.2 Å². The highest BCUT2D eigenvalue weighted by molar-refractivity contribution is 6.32. The van der Waals surface area contributed by atoms with Crippen LogP contribution in [0, 0.1) is 22.9 Å². The van der Waals surface area contributed by atoms with Gasteiger partial charge >= 0.3 is 0 Å². The van der Waals surface area contributed by atoms with Crippen LogP contribution in [0.3, 0.4) is 0 Å². The van der Waals surface area contributed by atoms with Crippen LogP contribution in [0.1, 0.15) is 50.6 Å². The molecular weight excluding hydrogens is 467 g/mol. The fourth-order valence-electron chi connectivity index (χ4n) is 3.69. The lowest BCUT2D eigenvalue weighted by atomic mass is 9.93. The Hall–Kier alpha value is -4.05. The van der Waals surface area contributed by atoms with Crippen LogP contribution < -0.4 is 10.7 Å². The van der Waals surface area contributed by atoms with Crippen LogP contribution in [-0.4, -0.2) is 22.4 Å². The van der Waals surface area contributed by atoms with Crippen molar-refractivity contribution in [1.29, 1.82) is 0 Å². The first-order valence-electron chi connectivity index (χ1n) is 10.2. The maximum absolute atomic E-state index is 13.1. The summed E-state index contributed by atoms with van der Waals surface area (Å²) in [5, 5.41) is 17.9. The summed E-state index contributed by atoms with van der Waals surface area (Å²) >= 11 is 5.79. The van der Waals surface area contributed by atoms with E-state index in [2.05, 4.69) is 15.8 Å². The number of carbonyl (C=O) groups is 2. The number of amides is 2. The third-order valence-electron chi connectivity index (χ3n) is 5.33. The Labute approximate surface area is 197 Å². The predicted octanol–water partition coefficient (Wildman–Crippen LogP) is 5.01. The SMILES string of the molecule is Cc1c(C(=O)Nc2ccc(F)cc2)oc2c1/C(=N/NC(=O)c1ccc(Cl)c([N+](=O)[O-])c1)CCC2. The molecule has 1 aliphatic carbocycles. The van der Waals surface area contributed by atoms with Gasteiger partial charge in [0.2, 0.25) is 0 Å². The van der Waals surface area contributed by atoms with E-state index in [-0.39, 0.29) is 22.0 Å². The Morgan fingerprint density at radius 2 is 1.88 bits per heavy atom. The number of hydrogen-bond donors (Lipinski definition) is 2. The number of aryl methyl sites for hydroxylation is 1. The summed E-state index contributed by atoms with van der Waals surface area (Å²) in [5.74, 6) is -0.879. The van der Waals surface area contributed by atoms with Crippen molar-refractivity contribution in [3.05, 3.63) is 91.6 Å². The van der Waals surface area contributed by atoms with Crippen LogP contribution >= 0.6 is 11.6 Å². The van der Waals surface area contributed by atoms with Crippen LogP contribution in [-0.2, 0) is 6.42 Å². The van der Waals surface area contributed by atoms with Crippen LogP contribution in [0.25, 0.3) is 0 Å². The Balaban J connectivity index is 1.56. The Bertz CT molecular complexity index is 1330. The second kappa shape index (κ2) is 9.44. The molecule has 0 saturated heterocycles. The van der Waals surface area contributed by atoms with Gasteiger partial charge in [0.1, 0.15) is 16.6 Å². The number of nitro benzene ring substituents is 1. The summed E-state index contributed by atoms with van der Waals surface area (Å²) in [6.07, 6.45) is 1.82. The minimum atomic E-state index is -0.675. The molecule has 0 fully saturated rings. The normalized spacial score (nSPS) is 13.9. The molecule has 2 N–H and O–H groups in total. The Morgan fingerprint density at radius 3 is 2.59 bits per heavy atom. The molecule has 1 aliphatic rings. The molecule has 3 aromatic rings. The van der Waals surface area contributed by atoms with E-state index in [0.717, 1.165) is 6.07 Å². The second-order valence-corrected chi connectivity index (χ2v) is 8.00. The first-order valence-corrected chi connectivity index (χ1v) is 10.6. The first kappa shape index (κ1) is 23.1. The van der Waals surface area contributed by atoms with Gasteiger partial charge in [-0.2, -0.15) is 5.10 Å². The second-order valence-electron chi connectivity index (χ2n) is 7.59. The molecule has 34 heavy (non-hydrogen) atoms. The lowest BCUT2D eigenvalue weighted by molar-refractivity contribution is -0.384. The predicted molar refractivity (Wildman–Crippen MR) is 123 cm³/mol. The Kier molecular flexibility index (Phi) is 6.42. The first-order chi connectivity index (χ1) is 16.2. The third kappa shape index (κ3) is 4.67. The number of benzene rings is 2. The number of hydrogen-bond acceptors (Lipinski definition) is 6. The highest BCUT2D eigenvalue weighted by atomic mass is 35.5. The van der Waals surface area contributed by atoms with Crippen molar-refractivity contribution in [2.75, 3.05) is 5.32 Å². The molecule has 1 heterocycles. The van der Waals surface area contributed by atoms with Crippen molar-refractivity contribution in [3.63, 3.8) is 0 Å². The molecule has 2 amide bonds. The molecule has 2 aromatic carbocycles. The van der Waals surface area contributed by atoms with Gasteiger partial charge in [-0.25, -0.2) is 9.82 Å². The van der Waals surface area contributed by atoms with Crippen molar-refractivity contribution >= 4 is 40.5 Å². The van der Waals surface area contributed by atoms with Gasteiger partial charge in [-0.1, -0.05) is 11.6 Å². The van der Waals surface area contributed by atoms with Crippen molar-refractivity contribution in [3.8, 4) is 0 Å². The van der Waals surface area contributed by atoms with Gasteiger partial charge in [0, 0.05) is 34.9 Å². The molecule has 0 unspecified atom stereocenters. The van der Waals surface area contributed by atoms with Gasteiger partial charge in [0.25, 0.3) is 17.5 Å². The number of nitrogens with one attached hydrogen (secondary N) is 2. The molecule has 0 aliphatic heterocycles. The largest absolute Gasteiger partial charge is 0.455 e. The fourth-order valence-corrected chi connectivity index (χ4v) is 3.88. The van der Waals surface area contributed by atoms with E-state index in [4.69, 9.17) is 16.0 Å². The van der Waals surface area contributed by atoms with Crippen LogP contribution in [0.4, 0.5) is 15.8 Å². The molecule has 11 heteroatoms. The Morgan fingerprint density at radius 1 is 1.15 bits per heavy atom. The molecule has 0 bridgehead atoms. The van der Waals surface area contributed by atoms with E-state index in [1.54, 1.807) is 6.92 Å². The quantitative estimate of drug-likeness (QED) is 0.388. The fraction of sp³-hybridized carbons (Fsp3) is 0.174. The average Bonchev–Trinajstić information content (AvgIpc) is 3.16. The average molecular weight is 485 g/mol. The molecule has 0 radical (unpaired) electrons. The van der Waals surface area contributed by atoms with E-state index < -0.39 is 22.6 Å². The number of fused-ring (bicyclic) bond motifs is 1. The third-order valence-corrected chi connectivity index (χ3v) is 5.65. The maximum Gasteiger partial charge on any atom is 0.291 e. The smallest absolute Gasteiger partial charge is 0.291 e. The number of furan rings is 1. The summed E-state index contributed by atoms with van der Waals surface area (Å²) in [6, 6.07) is 9.05. The molecular formula is C23H18ClFN4O5. The number of hydrazone groups is 1. The zero-order valence-electron chi connectivity index (χ0n) is 17.9. The summed E-state index contributed by atoms with van der Waals surface area (Å²) in [7, 11) is 0.